The Morgan fingerprint density at radius 1 is 1.00 bits per heavy atom. The van der Waals surface area contributed by atoms with Gasteiger partial charge in [0.1, 0.15) is 0 Å². The second-order valence-electron chi connectivity index (χ2n) is 8.20. The molecular formula is C25H30S. The number of benzene rings is 2. The van der Waals surface area contributed by atoms with E-state index in [1.807, 2.05) is 0 Å². The van der Waals surface area contributed by atoms with Gasteiger partial charge < -0.3 is 0 Å². The van der Waals surface area contributed by atoms with E-state index in [0.717, 1.165) is 24.2 Å². The van der Waals surface area contributed by atoms with Crippen LogP contribution in [0.4, 0.5) is 0 Å². The van der Waals surface area contributed by atoms with E-state index in [2.05, 4.69) is 93.6 Å². The zero-order chi connectivity index (χ0) is 18.6. The Bertz CT molecular complexity index is 785. The van der Waals surface area contributed by atoms with Crippen molar-refractivity contribution >= 4 is 12.6 Å². The predicted molar refractivity (Wildman–Crippen MR) is 116 cm³/mol. The quantitative estimate of drug-likeness (QED) is 0.524. The highest BCUT2D eigenvalue weighted by atomic mass is 32.1. The molecule has 2 aromatic rings. The van der Waals surface area contributed by atoms with E-state index in [4.69, 9.17) is 12.6 Å². The summed E-state index contributed by atoms with van der Waals surface area (Å²) >= 11 is 4.78. The second kappa shape index (κ2) is 8.31. The maximum absolute atomic E-state index is 4.78. The molecule has 0 bridgehead atoms. The van der Waals surface area contributed by atoms with Crippen LogP contribution >= 0.6 is 12.6 Å². The molecule has 26 heavy (non-hydrogen) atoms. The lowest BCUT2D eigenvalue weighted by Gasteiger charge is -2.33. The molecule has 1 aliphatic rings. The number of hydrogen-bond acceptors (Lipinski definition) is 1. The van der Waals surface area contributed by atoms with Crippen LogP contribution in [0.3, 0.4) is 0 Å². The van der Waals surface area contributed by atoms with Crippen molar-refractivity contribution in [2.75, 3.05) is 0 Å². The Morgan fingerprint density at radius 2 is 1.69 bits per heavy atom. The Labute approximate surface area is 164 Å². The van der Waals surface area contributed by atoms with Crippen molar-refractivity contribution < 1.29 is 0 Å². The average molecular weight is 363 g/mol. The molecule has 0 spiro atoms. The Morgan fingerprint density at radius 3 is 2.31 bits per heavy atom. The number of allylic oxidation sites excluding steroid dienone is 4. The van der Waals surface area contributed by atoms with Crippen LogP contribution in [0, 0.1) is 11.8 Å². The Hall–Kier alpha value is -1.73. The molecule has 0 saturated heterocycles. The summed E-state index contributed by atoms with van der Waals surface area (Å²) in [6.45, 7) is 7.01. The minimum Gasteiger partial charge on any atom is -0.143 e. The van der Waals surface area contributed by atoms with Gasteiger partial charge >= 0.3 is 0 Å². The molecule has 0 amide bonds. The molecule has 136 valence electrons. The molecule has 3 rings (SSSR count). The van der Waals surface area contributed by atoms with Gasteiger partial charge in [0.05, 0.1) is 0 Å². The fourth-order valence-electron chi connectivity index (χ4n) is 4.04. The summed E-state index contributed by atoms with van der Waals surface area (Å²) in [6, 6.07) is 19.4. The van der Waals surface area contributed by atoms with Crippen molar-refractivity contribution in [3.8, 4) is 0 Å². The van der Waals surface area contributed by atoms with E-state index in [9.17, 15) is 0 Å². The van der Waals surface area contributed by atoms with E-state index in [-0.39, 0.29) is 5.41 Å². The third-order valence-electron chi connectivity index (χ3n) is 5.65. The SMILES string of the molecule is CC(C)C1C=CC(C[C@](C)(Cc2ccccc2)c2ccccc2S)=CC1. The van der Waals surface area contributed by atoms with Crippen LogP contribution in [-0.4, -0.2) is 0 Å². The standard InChI is InChI=1S/C25H30S/c1-19(2)22-15-13-21(14-16-22)18-25(3,17-20-9-5-4-6-10-20)23-11-7-8-12-24(23)26/h4-15,19,22,26H,16-18H2,1-3H3/t22?,25-/m0/s1. The first kappa shape index (κ1) is 19.0. The van der Waals surface area contributed by atoms with Gasteiger partial charge in [0.15, 0.2) is 0 Å². The number of hydrogen-bond donors (Lipinski definition) is 1. The minimum atomic E-state index is 0.0283. The van der Waals surface area contributed by atoms with Crippen molar-refractivity contribution in [2.45, 2.75) is 50.3 Å². The molecule has 2 atom stereocenters. The summed E-state index contributed by atoms with van der Waals surface area (Å²) in [7, 11) is 0. The van der Waals surface area contributed by atoms with Gasteiger partial charge in [-0.2, -0.15) is 0 Å². The first-order valence-electron chi connectivity index (χ1n) is 9.67. The first-order valence-corrected chi connectivity index (χ1v) is 10.1. The van der Waals surface area contributed by atoms with Crippen LogP contribution in [-0.2, 0) is 11.8 Å². The molecule has 1 heteroatoms. The molecule has 0 heterocycles. The van der Waals surface area contributed by atoms with Gasteiger partial charge in [-0.3, -0.25) is 0 Å². The van der Waals surface area contributed by atoms with Crippen molar-refractivity contribution in [1.29, 1.82) is 0 Å². The molecule has 0 aliphatic heterocycles. The van der Waals surface area contributed by atoms with E-state index in [0.29, 0.717) is 11.8 Å². The molecule has 0 fully saturated rings. The van der Waals surface area contributed by atoms with Crippen LogP contribution < -0.4 is 0 Å². The van der Waals surface area contributed by atoms with Crippen molar-refractivity contribution in [3.63, 3.8) is 0 Å². The van der Waals surface area contributed by atoms with Crippen molar-refractivity contribution in [2.24, 2.45) is 11.8 Å². The molecule has 0 nitrogen and oxygen atoms in total. The van der Waals surface area contributed by atoms with Gasteiger partial charge in [0.25, 0.3) is 0 Å². The van der Waals surface area contributed by atoms with Gasteiger partial charge in [-0.15, -0.1) is 12.6 Å². The van der Waals surface area contributed by atoms with Crippen LogP contribution in [0.15, 0.2) is 83.3 Å². The third-order valence-corrected chi connectivity index (χ3v) is 6.04. The highest BCUT2D eigenvalue weighted by Crippen LogP contribution is 2.39. The molecule has 0 saturated carbocycles. The highest BCUT2D eigenvalue weighted by Gasteiger charge is 2.30. The molecule has 0 N–H and O–H groups in total. The lowest BCUT2D eigenvalue weighted by molar-refractivity contribution is 0.443. The molecule has 1 unspecified atom stereocenters. The highest BCUT2D eigenvalue weighted by molar-refractivity contribution is 7.80. The van der Waals surface area contributed by atoms with E-state index in [1.165, 1.54) is 16.7 Å². The average Bonchev–Trinajstić information content (AvgIpc) is 2.63. The largest absolute Gasteiger partial charge is 0.143 e. The first-order chi connectivity index (χ1) is 12.5. The monoisotopic (exact) mass is 362 g/mol. The second-order valence-corrected chi connectivity index (χ2v) is 8.68. The van der Waals surface area contributed by atoms with Crippen LogP contribution in [0.2, 0.25) is 0 Å². The van der Waals surface area contributed by atoms with Gasteiger partial charge in [0, 0.05) is 10.3 Å². The van der Waals surface area contributed by atoms with Gasteiger partial charge in [-0.1, -0.05) is 93.1 Å². The van der Waals surface area contributed by atoms with Crippen molar-refractivity contribution in [1.82, 2.24) is 0 Å². The summed E-state index contributed by atoms with van der Waals surface area (Å²) in [5.41, 5.74) is 4.21. The topological polar surface area (TPSA) is 0 Å². The zero-order valence-electron chi connectivity index (χ0n) is 16.2. The summed E-state index contributed by atoms with van der Waals surface area (Å²) in [6.07, 6.45) is 10.4. The number of rotatable bonds is 6. The van der Waals surface area contributed by atoms with E-state index < -0.39 is 0 Å². The summed E-state index contributed by atoms with van der Waals surface area (Å²) in [5, 5.41) is 0. The van der Waals surface area contributed by atoms with E-state index >= 15 is 0 Å². The van der Waals surface area contributed by atoms with Crippen LogP contribution in [0.5, 0.6) is 0 Å². The summed E-state index contributed by atoms with van der Waals surface area (Å²) in [5.74, 6) is 1.38. The molecule has 0 radical (unpaired) electrons. The van der Waals surface area contributed by atoms with Crippen LogP contribution in [0.25, 0.3) is 0 Å². The minimum absolute atomic E-state index is 0.0283. The van der Waals surface area contributed by atoms with Gasteiger partial charge in [0.2, 0.25) is 0 Å². The molecule has 0 aromatic heterocycles. The number of thiol groups is 1. The Balaban J connectivity index is 1.89. The fraction of sp³-hybridized carbons (Fsp3) is 0.360. The van der Waals surface area contributed by atoms with Crippen molar-refractivity contribution in [3.05, 3.63) is 89.5 Å². The molecular weight excluding hydrogens is 332 g/mol. The molecule has 2 aromatic carbocycles. The van der Waals surface area contributed by atoms with E-state index in [1.54, 1.807) is 0 Å². The summed E-state index contributed by atoms with van der Waals surface area (Å²) in [4.78, 5) is 1.09. The normalized spacial score (nSPS) is 19.3. The predicted octanol–water partition coefficient (Wildman–Crippen LogP) is 7.02. The fourth-order valence-corrected chi connectivity index (χ4v) is 4.47. The van der Waals surface area contributed by atoms with Gasteiger partial charge in [-0.25, -0.2) is 0 Å². The maximum Gasteiger partial charge on any atom is 0.00778 e. The molecule has 1 aliphatic carbocycles. The lowest BCUT2D eigenvalue weighted by atomic mass is 9.71. The smallest absolute Gasteiger partial charge is 0.00778 e. The lowest BCUT2D eigenvalue weighted by Crippen LogP contribution is -2.27. The van der Waals surface area contributed by atoms with Crippen LogP contribution in [0.1, 0.15) is 44.7 Å². The van der Waals surface area contributed by atoms with Gasteiger partial charge in [-0.05, 0) is 48.3 Å². The zero-order valence-corrected chi connectivity index (χ0v) is 17.0. The maximum atomic E-state index is 4.78. The summed E-state index contributed by atoms with van der Waals surface area (Å²) < 4.78 is 0. The Kier molecular flexibility index (Phi) is 6.09. The third kappa shape index (κ3) is 4.51.